The molecule has 102 valence electrons. The van der Waals surface area contributed by atoms with Gasteiger partial charge in [0.2, 0.25) is 0 Å². The molecule has 0 aliphatic heterocycles. The zero-order chi connectivity index (χ0) is 13.7. The SMILES string of the molecule is CC(C)Cc1ccc(N(C)C(CO)C(C)C)cc1. The van der Waals surface area contributed by atoms with Gasteiger partial charge >= 0.3 is 0 Å². The second-order valence-corrected chi connectivity index (χ2v) is 5.87. The van der Waals surface area contributed by atoms with E-state index in [0.29, 0.717) is 11.8 Å². The van der Waals surface area contributed by atoms with Gasteiger partial charge in [0.15, 0.2) is 0 Å². The van der Waals surface area contributed by atoms with Crippen molar-refractivity contribution in [3.63, 3.8) is 0 Å². The van der Waals surface area contributed by atoms with E-state index in [0.717, 1.165) is 6.42 Å². The fraction of sp³-hybridized carbons (Fsp3) is 0.625. The number of hydrogen-bond donors (Lipinski definition) is 1. The summed E-state index contributed by atoms with van der Waals surface area (Å²) in [6, 6.07) is 8.88. The Labute approximate surface area is 112 Å². The summed E-state index contributed by atoms with van der Waals surface area (Å²) in [5.41, 5.74) is 2.56. The summed E-state index contributed by atoms with van der Waals surface area (Å²) in [4.78, 5) is 2.17. The maximum absolute atomic E-state index is 9.46. The van der Waals surface area contributed by atoms with Crippen molar-refractivity contribution in [2.24, 2.45) is 11.8 Å². The monoisotopic (exact) mass is 249 g/mol. The highest BCUT2D eigenvalue weighted by Gasteiger charge is 2.17. The first-order valence-corrected chi connectivity index (χ1v) is 6.88. The molecule has 0 bridgehead atoms. The third kappa shape index (κ3) is 4.02. The van der Waals surface area contributed by atoms with Crippen LogP contribution < -0.4 is 4.90 Å². The van der Waals surface area contributed by atoms with Gasteiger partial charge in [-0.05, 0) is 36.0 Å². The molecule has 0 radical (unpaired) electrons. The summed E-state index contributed by atoms with van der Waals surface area (Å²) < 4.78 is 0. The molecule has 1 rings (SSSR count). The van der Waals surface area contributed by atoms with Crippen molar-refractivity contribution in [2.45, 2.75) is 40.2 Å². The molecular weight excluding hydrogens is 222 g/mol. The average Bonchev–Trinajstić information content (AvgIpc) is 2.29. The topological polar surface area (TPSA) is 23.5 Å². The number of hydrogen-bond acceptors (Lipinski definition) is 2. The molecule has 1 unspecified atom stereocenters. The van der Waals surface area contributed by atoms with Gasteiger partial charge < -0.3 is 10.0 Å². The summed E-state index contributed by atoms with van der Waals surface area (Å²) in [6.07, 6.45) is 1.12. The Bertz CT molecular complexity index is 343. The molecule has 0 fully saturated rings. The minimum Gasteiger partial charge on any atom is -0.394 e. The maximum atomic E-state index is 9.46. The van der Waals surface area contributed by atoms with Gasteiger partial charge in [0.25, 0.3) is 0 Å². The van der Waals surface area contributed by atoms with E-state index < -0.39 is 0 Å². The predicted molar refractivity (Wildman–Crippen MR) is 79.1 cm³/mol. The standard InChI is InChI=1S/C16H27NO/c1-12(2)10-14-6-8-15(9-7-14)17(5)16(11-18)13(3)4/h6-9,12-13,16,18H,10-11H2,1-5H3. The fourth-order valence-electron chi connectivity index (χ4n) is 2.31. The van der Waals surface area contributed by atoms with E-state index in [1.54, 1.807) is 0 Å². The molecule has 1 N–H and O–H groups in total. The molecule has 0 aliphatic carbocycles. The van der Waals surface area contributed by atoms with E-state index in [1.165, 1.54) is 11.3 Å². The number of aliphatic hydroxyl groups is 1. The van der Waals surface area contributed by atoms with Gasteiger partial charge in [0.05, 0.1) is 12.6 Å². The van der Waals surface area contributed by atoms with E-state index in [9.17, 15) is 5.11 Å². The van der Waals surface area contributed by atoms with Crippen LogP contribution in [-0.2, 0) is 6.42 Å². The first kappa shape index (κ1) is 15.0. The van der Waals surface area contributed by atoms with Crippen molar-refractivity contribution in [3.05, 3.63) is 29.8 Å². The Hall–Kier alpha value is -1.02. The smallest absolute Gasteiger partial charge is 0.0637 e. The van der Waals surface area contributed by atoms with Crippen LogP contribution in [0, 0.1) is 11.8 Å². The molecule has 0 saturated heterocycles. The van der Waals surface area contributed by atoms with Crippen molar-refractivity contribution < 1.29 is 5.11 Å². The highest BCUT2D eigenvalue weighted by Crippen LogP contribution is 2.20. The van der Waals surface area contributed by atoms with Crippen LogP contribution in [0.5, 0.6) is 0 Å². The normalized spacial score (nSPS) is 13.1. The quantitative estimate of drug-likeness (QED) is 0.836. The van der Waals surface area contributed by atoms with Gasteiger partial charge in [-0.1, -0.05) is 39.8 Å². The molecule has 0 aliphatic rings. The van der Waals surface area contributed by atoms with Crippen LogP contribution in [0.3, 0.4) is 0 Å². The lowest BCUT2D eigenvalue weighted by atomic mass is 10.0. The van der Waals surface area contributed by atoms with E-state index >= 15 is 0 Å². The van der Waals surface area contributed by atoms with Crippen LogP contribution in [0.25, 0.3) is 0 Å². The first-order valence-electron chi connectivity index (χ1n) is 6.88. The van der Waals surface area contributed by atoms with Crippen LogP contribution >= 0.6 is 0 Å². The number of likely N-dealkylation sites (N-methyl/N-ethyl adjacent to an activating group) is 1. The number of nitrogens with zero attached hydrogens (tertiary/aromatic N) is 1. The van der Waals surface area contributed by atoms with Gasteiger partial charge in [-0.2, -0.15) is 0 Å². The van der Waals surface area contributed by atoms with E-state index in [1.807, 2.05) is 0 Å². The molecule has 1 aromatic rings. The number of aliphatic hydroxyl groups excluding tert-OH is 1. The Balaban J connectivity index is 2.77. The second-order valence-electron chi connectivity index (χ2n) is 5.87. The van der Waals surface area contributed by atoms with Gasteiger partial charge in [0.1, 0.15) is 0 Å². The number of rotatable bonds is 6. The summed E-state index contributed by atoms with van der Waals surface area (Å²) in [6.45, 7) is 8.96. The third-order valence-electron chi connectivity index (χ3n) is 3.44. The molecule has 2 heteroatoms. The predicted octanol–water partition coefficient (Wildman–Crippen LogP) is 3.34. The molecular formula is C16H27NO. The van der Waals surface area contributed by atoms with Crippen LogP contribution in [-0.4, -0.2) is 24.8 Å². The minimum absolute atomic E-state index is 0.181. The minimum atomic E-state index is 0.181. The van der Waals surface area contributed by atoms with Gasteiger partial charge in [-0.15, -0.1) is 0 Å². The fourth-order valence-corrected chi connectivity index (χ4v) is 2.31. The zero-order valence-corrected chi connectivity index (χ0v) is 12.4. The second kappa shape index (κ2) is 6.79. The van der Waals surface area contributed by atoms with Crippen molar-refractivity contribution in [3.8, 4) is 0 Å². The van der Waals surface area contributed by atoms with Crippen LogP contribution in [0.1, 0.15) is 33.3 Å². The molecule has 2 nitrogen and oxygen atoms in total. The van der Waals surface area contributed by atoms with Gasteiger partial charge in [0, 0.05) is 12.7 Å². The van der Waals surface area contributed by atoms with Crippen LogP contribution in [0.4, 0.5) is 5.69 Å². The molecule has 0 heterocycles. The van der Waals surface area contributed by atoms with Gasteiger partial charge in [-0.3, -0.25) is 0 Å². The van der Waals surface area contributed by atoms with Crippen molar-refractivity contribution >= 4 is 5.69 Å². The summed E-state index contributed by atoms with van der Waals surface area (Å²) in [5.74, 6) is 1.13. The Morgan fingerprint density at radius 2 is 1.61 bits per heavy atom. The highest BCUT2D eigenvalue weighted by atomic mass is 16.3. The molecule has 18 heavy (non-hydrogen) atoms. The van der Waals surface area contributed by atoms with E-state index in [2.05, 4.69) is 63.9 Å². The molecule has 1 atom stereocenters. The van der Waals surface area contributed by atoms with E-state index in [4.69, 9.17) is 0 Å². The average molecular weight is 249 g/mol. The Morgan fingerprint density at radius 1 is 1.06 bits per heavy atom. The van der Waals surface area contributed by atoms with Crippen LogP contribution in [0.15, 0.2) is 24.3 Å². The largest absolute Gasteiger partial charge is 0.394 e. The summed E-state index contributed by atoms with van der Waals surface area (Å²) in [7, 11) is 2.05. The Kier molecular flexibility index (Phi) is 5.67. The lowest BCUT2D eigenvalue weighted by Gasteiger charge is -2.31. The van der Waals surface area contributed by atoms with E-state index in [-0.39, 0.29) is 12.6 Å². The summed E-state index contributed by atoms with van der Waals surface area (Å²) >= 11 is 0. The summed E-state index contributed by atoms with van der Waals surface area (Å²) in [5, 5.41) is 9.46. The third-order valence-corrected chi connectivity index (χ3v) is 3.44. The van der Waals surface area contributed by atoms with Crippen molar-refractivity contribution in [1.82, 2.24) is 0 Å². The van der Waals surface area contributed by atoms with Gasteiger partial charge in [-0.25, -0.2) is 0 Å². The molecule has 0 saturated carbocycles. The zero-order valence-electron chi connectivity index (χ0n) is 12.4. The molecule has 0 amide bonds. The Morgan fingerprint density at radius 3 is 2.00 bits per heavy atom. The van der Waals surface area contributed by atoms with Crippen molar-refractivity contribution in [1.29, 1.82) is 0 Å². The van der Waals surface area contributed by atoms with Crippen LogP contribution in [0.2, 0.25) is 0 Å². The lowest BCUT2D eigenvalue weighted by Crippen LogP contribution is -2.38. The van der Waals surface area contributed by atoms with Crippen molar-refractivity contribution in [2.75, 3.05) is 18.6 Å². The lowest BCUT2D eigenvalue weighted by molar-refractivity contribution is 0.234. The molecule has 0 spiro atoms. The number of anilines is 1. The number of benzene rings is 1. The molecule has 0 aromatic heterocycles. The maximum Gasteiger partial charge on any atom is 0.0637 e. The highest BCUT2D eigenvalue weighted by molar-refractivity contribution is 5.48. The first-order chi connectivity index (χ1) is 8.45. The molecule has 1 aromatic carbocycles.